The molecule has 48 nitrogen and oxygen atoms in total. The molecule has 0 spiro atoms. The number of carbonyl (C=O) groups is 20. The molecule has 10 rings (SSSR count). The molecule has 2 fully saturated rings. The molecular weight excluding hydrogens is 1930 g/mol. The van der Waals surface area contributed by atoms with Crippen LogP contribution in [0.4, 0.5) is 0 Å². The Morgan fingerprint density at radius 2 is 0.833 bits per heavy atom. The van der Waals surface area contributed by atoms with Crippen LogP contribution in [0.25, 0.3) is 21.8 Å². The molecule has 21 N–H and O–H groups in total. The summed E-state index contributed by atoms with van der Waals surface area (Å²) >= 11 is 0. The number of aromatic nitrogens is 2. The van der Waals surface area contributed by atoms with Crippen LogP contribution in [0.1, 0.15) is 150 Å². The van der Waals surface area contributed by atoms with E-state index in [1.54, 1.807) is 66.7 Å². The van der Waals surface area contributed by atoms with Gasteiger partial charge in [0.25, 0.3) is 0 Å². The van der Waals surface area contributed by atoms with Crippen LogP contribution in [-0.4, -0.2) is 337 Å². The number of hydrogen-bond acceptors (Lipinski definition) is 31. The summed E-state index contributed by atoms with van der Waals surface area (Å²) in [5.74, 6) is -29.8. The van der Waals surface area contributed by atoms with Gasteiger partial charge in [0.05, 0.1) is 171 Å². The van der Waals surface area contributed by atoms with Gasteiger partial charge in [-0.3, -0.25) is 104 Å². The van der Waals surface area contributed by atoms with E-state index in [-0.39, 0.29) is 70.2 Å². The second kappa shape index (κ2) is 51.2. The average molecular weight is 2060 g/mol. The number of carboxylic acid groups (broad SMARTS) is 1. The molecule has 0 aliphatic carbocycles. The van der Waals surface area contributed by atoms with Crippen molar-refractivity contribution in [1.29, 1.82) is 0 Å². The van der Waals surface area contributed by atoms with E-state index in [0.717, 1.165) is 9.80 Å². The highest BCUT2D eigenvalue weighted by Crippen LogP contribution is 2.40. The van der Waals surface area contributed by atoms with Gasteiger partial charge in [-0.25, -0.2) is 0 Å². The van der Waals surface area contributed by atoms with Crippen molar-refractivity contribution < 1.29 is 154 Å². The number of hydrogen-bond donors (Lipinski definition) is 19. The van der Waals surface area contributed by atoms with Gasteiger partial charge >= 0.3 is 11.9 Å². The van der Waals surface area contributed by atoms with Gasteiger partial charge in [-0.2, -0.15) is 0 Å². The second-order valence-electron chi connectivity index (χ2n) is 38.3. The van der Waals surface area contributed by atoms with Crippen molar-refractivity contribution in [1.82, 2.24) is 72.1 Å². The highest BCUT2D eigenvalue weighted by atomic mass is 32.2. The number of benzene rings is 2. The highest BCUT2D eigenvalue weighted by molar-refractivity contribution is 7.85. The number of carboxylic acids is 1. The molecular formula is C94H132N16O32S2. The molecule has 2 saturated heterocycles. The number of fused-ring (bicyclic) bond motifs is 10. The van der Waals surface area contributed by atoms with Crippen LogP contribution in [0, 0.1) is 47.3 Å². The number of nitrogens with zero attached hydrogens (tertiary/aromatic N) is 4. The first kappa shape index (κ1) is 115. The van der Waals surface area contributed by atoms with Gasteiger partial charge in [0.2, 0.25) is 82.7 Å². The predicted octanol–water partition coefficient (Wildman–Crippen LogP) is -5.72. The third-order valence-electron chi connectivity index (χ3n) is 26.7. The smallest absolute Gasteiger partial charge is 0.308 e. The Labute approximate surface area is 833 Å². The molecule has 144 heavy (non-hydrogen) atoms. The van der Waals surface area contributed by atoms with Crippen LogP contribution in [-0.2, 0) is 148 Å². The molecule has 4 bridgehead atoms. The SMILES string of the molecule is CC[C@H](C)[C@@H]1NC(=O)CNC(=O)C2CC(=O)[C@H]([C@@H](C)[C@@H](O)CO)NC(=O)[C@@H]3CC(O)CN3C(=O)[C@H](CC(N)=O)CC(=O)C(C[S@@](=O)c3c(c4ccc(OC)cc4n3CCC(=O)O)C2)NC(=O)CNC1=O.CC[C@H](C)[C@@H]1NC(=O)CNC(=O)C2CC(=O)[C@H]([C@@H](C)[C@@H](O)CO)NC(=O)[C@@H]3CC(O)CN3C(=O)[C@H](CC(N)=O)CC(=O)C(C[S@@](=O)c3c(c4ccc(OC)cc4n3CCC(=O)OC(C)(C)C)C2)NC(=O)CNC1=O. The number of nitrogens with two attached hydrogens (primary N) is 2. The Hall–Kier alpha value is -12.6. The van der Waals surface area contributed by atoms with Gasteiger partial charge in [-0.15, -0.1) is 0 Å². The number of rotatable bonds is 22. The summed E-state index contributed by atoms with van der Waals surface area (Å²) in [5.41, 5.74) is 11.1. The number of ether oxygens (including phenoxy) is 3. The van der Waals surface area contributed by atoms with Crippen LogP contribution < -0.4 is 74.1 Å². The van der Waals surface area contributed by atoms with E-state index in [9.17, 15) is 132 Å². The predicted molar refractivity (Wildman–Crippen MR) is 509 cm³/mol. The second-order valence-corrected chi connectivity index (χ2v) is 41.1. The molecule has 792 valence electrons. The summed E-state index contributed by atoms with van der Waals surface area (Å²) in [6.45, 7) is 8.11. The van der Waals surface area contributed by atoms with Crippen molar-refractivity contribution in [3.8, 4) is 11.5 Å². The van der Waals surface area contributed by atoms with Crippen molar-refractivity contribution in [2.45, 2.75) is 254 Å². The minimum absolute atomic E-state index is 0.0913. The molecule has 8 heterocycles. The van der Waals surface area contributed by atoms with E-state index >= 15 is 8.42 Å². The maximum Gasteiger partial charge on any atom is 0.308 e. The van der Waals surface area contributed by atoms with Crippen molar-refractivity contribution in [2.24, 2.45) is 58.8 Å². The number of aryl methyl sites for hydroxylation is 2. The van der Waals surface area contributed by atoms with Crippen molar-refractivity contribution >= 4 is 161 Å². The molecule has 0 radical (unpaired) electrons. The lowest BCUT2D eigenvalue weighted by atomic mass is 9.85. The first-order chi connectivity index (χ1) is 67.8. The van der Waals surface area contributed by atoms with Gasteiger partial charge in [0.15, 0.2) is 23.1 Å². The molecule has 0 saturated carbocycles. The Kier molecular flexibility index (Phi) is 40.9. The average Bonchev–Trinajstić information content (AvgIpc) is 1.60. The number of nitrogens with one attached hydrogen (secondary N) is 10. The third-order valence-corrected chi connectivity index (χ3v) is 29.7. The zero-order valence-corrected chi connectivity index (χ0v) is 83.6. The molecule has 2 aromatic heterocycles. The third kappa shape index (κ3) is 29.6. The number of aliphatic hydroxyl groups excluding tert-OH is 6. The van der Waals surface area contributed by atoms with Crippen LogP contribution in [0.15, 0.2) is 46.5 Å². The fraction of sp³-hybridized carbons (Fsp3) is 0.617. The maximum absolute atomic E-state index is 15.5. The molecule has 4 aromatic rings. The van der Waals surface area contributed by atoms with Crippen LogP contribution in [0.3, 0.4) is 0 Å². The van der Waals surface area contributed by atoms with Gasteiger partial charge in [0.1, 0.15) is 51.3 Å². The van der Waals surface area contributed by atoms with E-state index in [2.05, 4.69) is 53.2 Å². The van der Waals surface area contributed by atoms with Gasteiger partial charge in [0, 0.05) is 124 Å². The number of methoxy groups -OCH3 is 2. The van der Waals surface area contributed by atoms with Crippen molar-refractivity contribution in [2.75, 3.05) is 78.2 Å². The van der Waals surface area contributed by atoms with E-state index in [1.807, 2.05) is 0 Å². The standard InChI is InChI=1S/C49H70N8O16S.C45H62N8O16S/c1-8-24(2)42-46(69)52-19-39(64)53-32-23-74(71)48-31(30-10-9-29(72-7)18-33(30)56(48)12-11-41(66)73-49(4,5)6)13-26(44(67)51-20-40(65)54-42)14-36(61)43(25(3)37(62)22-58)55-45(68)34-17-28(59)21-57(34)47(70)27(15-35(32)60)16-38(50)63;1-5-21(2)39-43(66)48-16-36(60)49-29-20-70(68)45-28(27-7-6-26(69-4)15-30(27)52(45)9-8-38(62)63)10-23(41(64)47-17-37(61)50-39)11-33(57)40(22(3)34(58)19-54)51-42(65)31-14-25(55)18-53(31)44(67)24(12-32(29)56)13-35(46)59/h9-10,18,24-28,32,34,37,42-43,58-59,62H,8,11-17,19-23H2,1-7H3,(H2,50,63)(H,51,67)(H,52,69)(H,53,64)(H,54,65)(H,55,68);6-7,15,21-25,29,31,34,39-40,54-55,58H,5,8-14,16-20H2,1-4H3,(H2,46,59)(H,47,64)(H,48,66)(H,49,60)(H,50,61)(H,51,65)(H,62,63)/t24-,25-,26?,27-,28?,32?,34-,37-,42-,43-,74+;21-,22-,23?,24-,25?,29?,31-,34-,39-,40-,70+/m00/s1. The molecule has 14 amide bonds. The zero-order chi connectivity index (χ0) is 107. The van der Waals surface area contributed by atoms with E-state index in [1.165, 1.54) is 55.4 Å². The normalized spacial score (nSPS) is 26.9. The number of amides is 14. The number of primary amides is 2. The summed E-state index contributed by atoms with van der Waals surface area (Å²) in [7, 11) is -2.17. The monoisotopic (exact) mass is 2060 g/mol. The number of aliphatic hydroxyl groups is 6. The zero-order valence-electron chi connectivity index (χ0n) is 82.0. The van der Waals surface area contributed by atoms with E-state index in [0.29, 0.717) is 29.5 Å². The fourth-order valence-corrected chi connectivity index (χ4v) is 21.7. The van der Waals surface area contributed by atoms with Crippen LogP contribution in [0.5, 0.6) is 11.5 Å². The van der Waals surface area contributed by atoms with Gasteiger partial charge < -0.3 is 134 Å². The summed E-state index contributed by atoms with van der Waals surface area (Å²) in [4.78, 5) is 280. The number of Topliss-reactive ketones (excluding diaryl/α,β-unsaturated/α-hetero) is 4. The first-order valence-corrected chi connectivity index (χ1v) is 50.2. The topological polar surface area (TPSA) is 734 Å². The number of esters is 1. The number of ketones is 4. The van der Waals surface area contributed by atoms with Crippen LogP contribution >= 0.6 is 0 Å². The Bertz CT molecular complexity index is 5600. The van der Waals surface area contributed by atoms with Gasteiger partial charge in [-0.1, -0.05) is 54.4 Å². The number of carbonyl (C=O) groups excluding carboxylic acids is 19. The fourth-order valence-electron chi connectivity index (χ4n) is 18.4. The maximum atomic E-state index is 15.5. The molecule has 6 aliphatic heterocycles. The molecule has 50 heteroatoms. The lowest BCUT2D eigenvalue weighted by molar-refractivity contribution is -0.155. The molecule has 6 aliphatic rings. The highest BCUT2D eigenvalue weighted by Gasteiger charge is 2.49. The van der Waals surface area contributed by atoms with Gasteiger partial charge in [-0.05, 0) is 80.8 Å². The van der Waals surface area contributed by atoms with E-state index in [4.69, 9.17) is 25.7 Å². The molecule has 2 aromatic carbocycles. The Morgan fingerprint density at radius 1 is 0.479 bits per heavy atom. The summed E-state index contributed by atoms with van der Waals surface area (Å²) in [6, 6.07) is -3.22. The quantitative estimate of drug-likeness (QED) is 0.0326. The minimum Gasteiger partial charge on any atom is -0.497 e. The Morgan fingerprint density at radius 3 is 1.17 bits per heavy atom. The number of aliphatic carboxylic acids is 1. The minimum atomic E-state index is -2.48. The molecule has 6 unspecified atom stereocenters. The lowest BCUT2D eigenvalue weighted by Gasteiger charge is -2.32. The molecule has 22 atom stereocenters. The largest absolute Gasteiger partial charge is 0.497 e. The van der Waals surface area contributed by atoms with E-state index < -0.39 is 387 Å². The summed E-state index contributed by atoms with van der Waals surface area (Å²) in [6.07, 6.45) is -12.6. The first-order valence-electron chi connectivity index (χ1n) is 47.5. The summed E-state index contributed by atoms with van der Waals surface area (Å²) in [5, 5.41) is 98.9. The van der Waals surface area contributed by atoms with Crippen molar-refractivity contribution in [3.63, 3.8) is 0 Å². The lowest BCUT2D eigenvalue weighted by Crippen LogP contribution is -2.56. The Balaban J connectivity index is 0.000000321. The van der Waals surface area contributed by atoms with Crippen LogP contribution in [0.2, 0.25) is 0 Å². The van der Waals surface area contributed by atoms with Crippen molar-refractivity contribution in [3.05, 3.63) is 47.5 Å². The summed E-state index contributed by atoms with van der Waals surface area (Å²) < 4.78 is 50.2.